The SMILES string of the molecule is O=C(c1ccc(Br)cc1)c1ccccc1C(=O)N1CCCC(C(=O)NCC2CC2)C1. The zero-order valence-corrected chi connectivity index (χ0v) is 18.4. The average molecular weight is 469 g/mol. The van der Waals surface area contributed by atoms with E-state index in [1.807, 2.05) is 12.1 Å². The highest BCUT2D eigenvalue weighted by atomic mass is 79.9. The third-order valence-corrected chi connectivity index (χ3v) is 6.38. The lowest BCUT2D eigenvalue weighted by molar-refractivity contribution is -0.126. The van der Waals surface area contributed by atoms with Crippen LogP contribution in [0, 0.1) is 11.8 Å². The second-order valence-electron chi connectivity index (χ2n) is 8.16. The molecule has 2 aromatic rings. The number of nitrogens with zero attached hydrogens (tertiary/aromatic N) is 1. The summed E-state index contributed by atoms with van der Waals surface area (Å²) in [4.78, 5) is 40.6. The molecule has 5 nitrogen and oxygen atoms in total. The van der Waals surface area contributed by atoms with E-state index >= 15 is 0 Å². The van der Waals surface area contributed by atoms with Crippen molar-refractivity contribution in [2.45, 2.75) is 25.7 Å². The molecule has 1 heterocycles. The zero-order chi connectivity index (χ0) is 21.1. The molecule has 0 radical (unpaired) electrons. The molecule has 1 N–H and O–H groups in total. The number of hydrogen-bond acceptors (Lipinski definition) is 3. The first-order valence-corrected chi connectivity index (χ1v) is 11.3. The topological polar surface area (TPSA) is 66.5 Å². The molecule has 2 aromatic carbocycles. The average Bonchev–Trinajstić information content (AvgIpc) is 3.62. The summed E-state index contributed by atoms with van der Waals surface area (Å²) >= 11 is 3.38. The molecule has 156 valence electrons. The van der Waals surface area contributed by atoms with Crippen LogP contribution in [-0.2, 0) is 4.79 Å². The van der Waals surface area contributed by atoms with Crippen LogP contribution in [0.15, 0.2) is 53.0 Å². The Kier molecular flexibility index (Phi) is 6.32. The monoisotopic (exact) mass is 468 g/mol. The Balaban J connectivity index is 1.49. The maximum absolute atomic E-state index is 13.3. The summed E-state index contributed by atoms with van der Waals surface area (Å²) in [5, 5.41) is 3.03. The highest BCUT2D eigenvalue weighted by Crippen LogP contribution is 2.28. The molecule has 0 spiro atoms. The molecule has 0 aromatic heterocycles. The highest BCUT2D eigenvalue weighted by molar-refractivity contribution is 9.10. The number of nitrogens with one attached hydrogen (secondary N) is 1. The fourth-order valence-corrected chi connectivity index (χ4v) is 4.15. The predicted molar refractivity (Wildman–Crippen MR) is 118 cm³/mol. The van der Waals surface area contributed by atoms with Gasteiger partial charge in [-0.25, -0.2) is 0 Å². The zero-order valence-electron chi connectivity index (χ0n) is 16.8. The van der Waals surface area contributed by atoms with Gasteiger partial charge in [-0.2, -0.15) is 0 Å². The Labute approximate surface area is 185 Å². The van der Waals surface area contributed by atoms with Gasteiger partial charge in [0.2, 0.25) is 5.91 Å². The van der Waals surface area contributed by atoms with E-state index in [0.717, 1.165) is 23.9 Å². The lowest BCUT2D eigenvalue weighted by atomic mass is 9.94. The molecule has 1 saturated carbocycles. The molecule has 2 amide bonds. The van der Waals surface area contributed by atoms with E-state index in [0.29, 0.717) is 35.7 Å². The standard InChI is InChI=1S/C24H25BrN2O3/c25-19-11-9-17(10-12-19)22(28)20-5-1-2-6-21(20)24(30)27-13-3-4-18(15-27)23(29)26-14-16-7-8-16/h1-2,5-6,9-12,16,18H,3-4,7-8,13-15H2,(H,26,29). The van der Waals surface area contributed by atoms with Gasteiger partial charge in [-0.3, -0.25) is 14.4 Å². The molecule has 4 rings (SSSR count). The number of carbonyl (C=O) groups is 3. The van der Waals surface area contributed by atoms with Crippen LogP contribution in [0.5, 0.6) is 0 Å². The molecule has 1 unspecified atom stereocenters. The summed E-state index contributed by atoms with van der Waals surface area (Å²) in [6, 6.07) is 14.1. The van der Waals surface area contributed by atoms with Crippen molar-refractivity contribution >= 4 is 33.5 Å². The van der Waals surface area contributed by atoms with Crippen LogP contribution >= 0.6 is 15.9 Å². The maximum Gasteiger partial charge on any atom is 0.254 e. The van der Waals surface area contributed by atoms with Crippen molar-refractivity contribution in [3.8, 4) is 0 Å². The van der Waals surface area contributed by atoms with Crippen LogP contribution in [0.4, 0.5) is 0 Å². The van der Waals surface area contributed by atoms with Crippen LogP contribution in [0.1, 0.15) is 52.0 Å². The van der Waals surface area contributed by atoms with Gasteiger partial charge in [-0.15, -0.1) is 0 Å². The Morgan fingerprint density at radius 3 is 2.37 bits per heavy atom. The quantitative estimate of drug-likeness (QED) is 0.649. The smallest absolute Gasteiger partial charge is 0.254 e. The Morgan fingerprint density at radius 1 is 0.967 bits per heavy atom. The van der Waals surface area contributed by atoms with E-state index in [1.165, 1.54) is 12.8 Å². The Morgan fingerprint density at radius 2 is 1.67 bits per heavy atom. The maximum atomic E-state index is 13.3. The first-order chi connectivity index (χ1) is 14.5. The van der Waals surface area contributed by atoms with E-state index in [2.05, 4.69) is 21.2 Å². The molecule has 1 aliphatic heterocycles. The minimum Gasteiger partial charge on any atom is -0.356 e. The highest BCUT2D eigenvalue weighted by Gasteiger charge is 2.31. The normalized spacial score (nSPS) is 18.7. The van der Waals surface area contributed by atoms with Crippen molar-refractivity contribution in [2.75, 3.05) is 19.6 Å². The van der Waals surface area contributed by atoms with Crippen molar-refractivity contribution < 1.29 is 14.4 Å². The fraction of sp³-hybridized carbons (Fsp3) is 0.375. The van der Waals surface area contributed by atoms with Crippen LogP contribution in [0.25, 0.3) is 0 Å². The number of likely N-dealkylation sites (tertiary alicyclic amines) is 1. The number of amides is 2. The van der Waals surface area contributed by atoms with Crippen molar-refractivity contribution in [2.24, 2.45) is 11.8 Å². The second-order valence-corrected chi connectivity index (χ2v) is 9.08. The molecule has 2 fully saturated rings. The third kappa shape index (κ3) is 4.81. The number of benzene rings is 2. The minimum absolute atomic E-state index is 0.0404. The molecular formula is C24H25BrN2O3. The summed E-state index contributed by atoms with van der Waals surface area (Å²) in [7, 11) is 0. The van der Waals surface area contributed by atoms with Crippen LogP contribution in [0.2, 0.25) is 0 Å². The fourth-order valence-electron chi connectivity index (χ4n) is 3.88. The summed E-state index contributed by atoms with van der Waals surface area (Å²) < 4.78 is 0.891. The van der Waals surface area contributed by atoms with Gasteiger partial charge in [0.05, 0.1) is 11.5 Å². The van der Waals surface area contributed by atoms with Gasteiger partial charge < -0.3 is 10.2 Å². The van der Waals surface area contributed by atoms with E-state index in [-0.39, 0.29) is 23.5 Å². The van der Waals surface area contributed by atoms with Gasteiger partial charge in [-0.1, -0.05) is 34.1 Å². The molecule has 0 bridgehead atoms. The summed E-state index contributed by atoms with van der Waals surface area (Å²) in [5.41, 5.74) is 1.32. The minimum atomic E-state index is -0.184. The van der Waals surface area contributed by atoms with Crippen molar-refractivity contribution in [1.29, 1.82) is 0 Å². The molecule has 6 heteroatoms. The largest absolute Gasteiger partial charge is 0.356 e. The number of carbonyl (C=O) groups excluding carboxylic acids is 3. The van der Waals surface area contributed by atoms with E-state index in [4.69, 9.17) is 0 Å². The number of ketones is 1. The van der Waals surface area contributed by atoms with Crippen molar-refractivity contribution in [1.82, 2.24) is 10.2 Å². The van der Waals surface area contributed by atoms with Gasteiger partial charge in [0.25, 0.3) is 5.91 Å². The molecular weight excluding hydrogens is 444 g/mol. The molecule has 2 aliphatic rings. The lowest BCUT2D eigenvalue weighted by Crippen LogP contribution is -2.46. The van der Waals surface area contributed by atoms with Gasteiger partial charge >= 0.3 is 0 Å². The van der Waals surface area contributed by atoms with Gasteiger partial charge in [0, 0.05) is 35.2 Å². The lowest BCUT2D eigenvalue weighted by Gasteiger charge is -2.32. The number of piperidine rings is 1. The number of rotatable bonds is 6. The first-order valence-electron chi connectivity index (χ1n) is 10.5. The van der Waals surface area contributed by atoms with Crippen molar-refractivity contribution in [3.05, 3.63) is 69.7 Å². The second kappa shape index (κ2) is 9.13. The van der Waals surface area contributed by atoms with E-state index in [1.54, 1.807) is 41.3 Å². The Bertz CT molecular complexity index is 953. The van der Waals surface area contributed by atoms with Crippen molar-refractivity contribution in [3.63, 3.8) is 0 Å². The summed E-state index contributed by atoms with van der Waals surface area (Å²) in [6.07, 6.45) is 3.97. The Hall–Kier alpha value is -2.47. The van der Waals surface area contributed by atoms with E-state index in [9.17, 15) is 14.4 Å². The molecule has 1 aliphatic carbocycles. The number of hydrogen-bond donors (Lipinski definition) is 1. The first kappa shape index (κ1) is 20.8. The predicted octanol–water partition coefficient (Wildman–Crippen LogP) is 4.06. The van der Waals surface area contributed by atoms with Crippen LogP contribution in [0.3, 0.4) is 0 Å². The number of halogens is 1. The summed E-state index contributed by atoms with van der Waals surface area (Å²) in [6.45, 7) is 1.75. The van der Waals surface area contributed by atoms with Crippen LogP contribution < -0.4 is 5.32 Å². The third-order valence-electron chi connectivity index (χ3n) is 5.85. The molecule has 1 saturated heterocycles. The van der Waals surface area contributed by atoms with Gasteiger partial charge in [-0.05, 0) is 61.9 Å². The van der Waals surface area contributed by atoms with Gasteiger partial charge in [0.15, 0.2) is 5.78 Å². The van der Waals surface area contributed by atoms with E-state index < -0.39 is 0 Å². The summed E-state index contributed by atoms with van der Waals surface area (Å²) in [5.74, 6) is 0.124. The molecule has 30 heavy (non-hydrogen) atoms. The molecule has 1 atom stereocenters. The van der Waals surface area contributed by atoms with Crippen LogP contribution in [-0.4, -0.2) is 42.1 Å². The van der Waals surface area contributed by atoms with Gasteiger partial charge in [0.1, 0.15) is 0 Å².